The quantitative estimate of drug-likeness (QED) is 0.718. The van der Waals surface area contributed by atoms with Gasteiger partial charge in [0, 0.05) is 26.2 Å². The first-order valence-corrected chi connectivity index (χ1v) is 7.38. The van der Waals surface area contributed by atoms with Crippen molar-refractivity contribution in [2.75, 3.05) is 14.1 Å². The molecule has 0 radical (unpaired) electrons. The standard InChI is InChI=1S/C16H24N4O3/c1-10(2)13(19-16(17)23)15(22)20(4)9-11-5-7-12(8-6-11)14(21)18-3/h5-8,10,13H,9H2,1-4H3,(H,18,21)(H3,17,19,23)/t13-/m0/s1. The summed E-state index contributed by atoms with van der Waals surface area (Å²) in [4.78, 5) is 36.5. The molecule has 0 fully saturated rings. The van der Waals surface area contributed by atoms with Crippen LogP contribution in [0.3, 0.4) is 0 Å². The van der Waals surface area contributed by atoms with Gasteiger partial charge < -0.3 is 21.3 Å². The molecule has 4 amide bonds. The van der Waals surface area contributed by atoms with Gasteiger partial charge in [-0.2, -0.15) is 0 Å². The molecule has 7 heteroatoms. The number of amides is 4. The van der Waals surface area contributed by atoms with E-state index in [-0.39, 0.29) is 17.7 Å². The van der Waals surface area contributed by atoms with Gasteiger partial charge in [-0.1, -0.05) is 26.0 Å². The van der Waals surface area contributed by atoms with Gasteiger partial charge in [0.25, 0.3) is 5.91 Å². The van der Waals surface area contributed by atoms with Gasteiger partial charge in [-0.15, -0.1) is 0 Å². The highest BCUT2D eigenvalue weighted by Gasteiger charge is 2.26. The van der Waals surface area contributed by atoms with Crippen LogP contribution in [0.4, 0.5) is 4.79 Å². The Morgan fingerprint density at radius 2 is 1.74 bits per heavy atom. The molecule has 1 rings (SSSR count). The van der Waals surface area contributed by atoms with Crippen molar-refractivity contribution in [1.82, 2.24) is 15.5 Å². The zero-order chi connectivity index (χ0) is 17.6. The van der Waals surface area contributed by atoms with Gasteiger partial charge >= 0.3 is 6.03 Å². The third-order valence-electron chi connectivity index (χ3n) is 3.47. The predicted molar refractivity (Wildman–Crippen MR) is 87.7 cm³/mol. The number of hydrogen-bond acceptors (Lipinski definition) is 3. The molecule has 0 saturated heterocycles. The second kappa shape index (κ2) is 8.17. The van der Waals surface area contributed by atoms with E-state index in [1.54, 1.807) is 38.4 Å². The fourth-order valence-electron chi connectivity index (χ4n) is 2.16. The van der Waals surface area contributed by atoms with Crippen molar-refractivity contribution in [3.8, 4) is 0 Å². The lowest BCUT2D eigenvalue weighted by molar-refractivity contribution is -0.133. The predicted octanol–water partition coefficient (Wildman–Crippen LogP) is 0.698. The number of carbonyl (C=O) groups excluding carboxylic acids is 3. The zero-order valence-corrected chi connectivity index (χ0v) is 13.9. The average molecular weight is 320 g/mol. The van der Waals surface area contributed by atoms with Gasteiger partial charge in [0.15, 0.2) is 0 Å². The molecule has 0 saturated carbocycles. The van der Waals surface area contributed by atoms with Crippen LogP contribution in [-0.4, -0.2) is 42.9 Å². The lowest BCUT2D eigenvalue weighted by Crippen LogP contribution is -2.51. The Kier molecular flexibility index (Phi) is 6.56. The molecule has 1 aromatic carbocycles. The van der Waals surface area contributed by atoms with Gasteiger partial charge in [0.1, 0.15) is 6.04 Å². The number of urea groups is 1. The van der Waals surface area contributed by atoms with Crippen LogP contribution in [0, 0.1) is 5.92 Å². The van der Waals surface area contributed by atoms with Crippen LogP contribution in [0.5, 0.6) is 0 Å². The fourth-order valence-corrected chi connectivity index (χ4v) is 2.16. The number of rotatable bonds is 6. The van der Waals surface area contributed by atoms with Crippen molar-refractivity contribution in [1.29, 1.82) is 0 Å². The van der Waals surface area contributed by atoms with Crippen molar-refractivity contribution in [3.05, 3.63) is 35.4 Å². The molecule has 0 aliphatic rings. The number of primary amides is 1. The molecule has 1 aromatic rings. The molecular formula is C16H24N4O3. The Morgan fingerprint density at radius 1 is 1.17 bits per heavy atom. The first-order chi connectivity index (χ1) is 10.8. The largest absolute Gasteiger partial charge is 0.355 e. The second-order valence-corrected chi connectivity index (χ2v) is 5.70. The number of nitrogens with zero attached hydrogens (tertiary/aromatic N) is 1. The van der Waals surface area contributed by atoms with Crippen LogP contribution in [0.2, 0.25) is 0 Å². The molecule has 4 N–H and O–H groups in total. The summed E-state index contributed by atoms with van der Waals surface area (Å²) in [7, 11) is 3.23. The lowest BCUT2D eigenvalue weighted by Gasteiger charge is -2.26. The van der Waals surface area contributed by atoms with Gasteiger partial charge in [-0.25, -0.2) is 4.79 Å². The summed E-state index contributed by atoms with van der Waals surface area (Å²) in [6.07, 6.45) is 0. The van der Waals surface area contributed by atoms with Crippen LogP contribution in [0.25, 0.3) is 0 Å². The Hall–Kier alpha value is -2.57. The van der Waals surface area contributed by atoms with Crippen molar-refractivity contribution in [3.63, 3.8) is 0 Å². The minimum atomic E-state index is -0.722. The average Bonchev–Trinajstić information content (AvgIpc) is 2.51. The van der Waals surface area contributed by atoms with Crippen molar-refractivity contribution in [2.45, 2.75) is 26.4 Å². The summed E-state index contributed by atoms with van der Waals surface area (Å²) in [6, 6.07) is 5.60. The van der Waals surface area contributed by atoms with E-state index < -0.39 is 12.1 Å². The van der Waals surface area contributed by atoms with Crippen molar-refractivity contribution < 1.29 is 14.4 Å². The molecule has 23 heavy (non-hydrogen) atoms. The van der Waals surface area contributed by atoms with Crippen LogP contribution in [-0.2, 0) is 11.3 Å². The number of nitrogens with one attached hydrogen (secondary N) is 2. The maximum atomic E-state index is 12.4. The van der Waals surface area contributed by atoms with Gasteiger partial charge in [-0.05, 0) is 23.6 Å². The molecule has 0 bridgehead atoms. The monoisotopic (exact) mass is 320 g/mol. The first kappa shape index (κ1) is 18.5. The first-order valence-electron chi connectivity index (χ1n) is 7.38. The number of carbonyl (C=O) groups is 3. The maximum absolute atomic E-state index is 12.4. The zero-order valence-electron chi connectivity index (χ0n) is 13.9. The van der Waals surface area contributed by atoms with E-state index in [4.69, 9.17) is 5.73 Å². The molecule has 0 aromatic heterocycles. The molecule has 126 valence electrons. The van der Waals surface area contributed by atoms with Crippen LogP contribution in [0.15, 0.2) is 24.3 Å². The Bertz CT molecular complexity index is 569. The number of likely N-dealkylation sites (N-methyl/N-ethyl adjacent to an activating group) is 1. The number of nitrogens with two attached hydrogens (primary N) is 1. The molecule has 0 spiro atoms. The summed E-state index contributed by atoms with van der Waals surface area (Å²) in [6.45, 7) is 4.05. The smallest absolute Gasteiger partial charge is 0.312 e. The highest BCUT2D eigenvalue weighted by atomic mass is 16.2. The van der Waals surface area contributed by atoms with Crippen LogP contribution in [0.1, 0.15) is 29.8 Å². The summed E-state index contributed by atoms with van der Waals surface area (Å²) in [5.74, 6) is -0.450. The SMILES string of the molecule is CNC(=O)c1ccc(CN(C)C(=O)[C@@H](NC(N)=O)C(C)C)cc1. The molecule has 0 unspecified atom stereocenters. The van der Waals surface area contributed by atoms with Crippen molar-refractivity contribution in [2.24, 2.45) is 11.7 Å². The Morgan fingerprint density at radius 3 is 2.17 bits per heavy atom. The Labute approximate surface area is 136 Å². The van der Waals surface area contributed by atoms with E-state index >= 15 is 0 Å². The van der Waals surface area contributed by atoms with E-state index in [1.165, 1.54) is 4.90 Å². The normalized spacial score (nSPS) is 11.7. The van der Waals surface area contributed by atoms with Gasteiger partial charge in [0.2, 0.25) is 5.91 Å². The van der Waals surface area contributed by atoms with Crippen molar-refractivity contribution >= 4 is 17.8 Å². The van der Waals surface area contributed by atoms with E-state index in [1.807, 2.05) is 13.8 Å². The lowest BCUT2D eigenvalue weighted by atomic mass is 10.0. The van der Waals surface area contributed by atoms with Crippen LogP contribution < -0.4 is 16.4 Å². The second-order valence-electron chi connectivity index (χ2n) is 5.70. The van der Waals surface area contributed by atoms with E-state index in [0.29, 0.717) is 12.1 Å². The fraction of sp³-hybridized carbons (Fsp3) is 0.438. The topological polar surface area (TPSA) is 105 Å². The number of benzene rings is 1. The molecular weight excluding hydrogens is 296 g/mol. The minimum Gasteiger partial charge on any atom is -0.355 e. The Balaban J connectivity index is 2.77. The summed E-state index contributed by atoms with van der Waals surface area (Å²) >= 11 is 0. The highest BCUT2D eigenvalue weighted by Crippen LogP contribution is 2.10. The molecule has 0 aliphatic heterocycles. The van der Waals surface area contributed by atoms with E-state index in [9.17, 15) is 14.4 Å². The highest BCUT2D eigenvalue weighted by molar-refractivity contribution is 5.94. The molecule has 0 heterocycles. The summed E-state index contributed by atoms with van der Waals surface area (Å²) < 4.78 is 0. The van der Waals surface area contributed by atoms with Crippen LogP contribution >= 0.6 is 0 Å². The number of hydrogen-bond donors (Lipinski definition) is 3. The van der Waals surface area contributed by atoms with E-state index in [0.717, 1.165) is 5.56 Å². The third kappa shape index (κ3) is 5.28. The third-order valence-corrected chi connectivity index (χ3v) is 3.47. The molecule has 1 atom stereocenters. The maximum Gasteiger partial charge on any atom is 0.312 e. The van der Waals surface area contributed by atoms with Gasteiger partial charge in [-0.3, -0.25) is 9.59 Å². The molecule has 7 nitrogen and oxygen atoms in total. The summed E-state index contributed by atoms with van der Waals surface area (Å²) in [5.41, 5.74) is 6.56. The summed E-state index contributed by atoms with van der Waals surface area (Å²) in [5, 5.41) is 5.02. The minimum absolute atomic E-state index is 0.0759. The van der Waals surface area contributed by atoms with E-state index in [2.05, 4.69) is 10.6 Å². The van der Waals surface area contributed by atoms with Gasteiger partial charge in [0.05, 0.1) is 0 Å². The molecule has 0 aliphatic carbocycles.